The Hall–Kier alpha value is -4.44. The topological polar surface area (TPSA) is 38.9 Å². The molecule has 0 aliphatic heterocycles. The van der Waals surface area contributed by atoms with Crippen LogP contribution in [0.5, 0.6) is 0 Å². The minimum absolute atomic E-state index is 0. The van der Waals surface area contributed by atoms with Gasteiger partial charge in [0, 0.05) is 37.9 Å². The van der Waals surface area contributed by atoms with Gasteiger partial charge in [0.1, 0.15) is 11.4 Å². The van der Waals surface area contributed by atoms with Crippen LogP contribution in [0.3, 0.4) is 0 Å². The van der Waals surface area contributed by atoms with Gasteiger partial charge in [-0.25, -0.2) is 4.39 Å². The van der Waals surface area contributed by atoms with E-state index in [4.69, 9.17) is 11.3 Å². The van der Waals surface area contributed by atoms with Crippen LogP contribution in [0.2, 0.25) is 0 Å². The molecule has 0 aliphatic rings. The molecule has 7 aromatic rings. The minimum atomic E-state index is -0.742. The molecule has 1 radical (unpaired) electrons. The summed E-state index contributed by atoms with van der Waals surface area (Å²) in [6, 6.07) is 27.3. The van der Waals surface area contributed by atoms with Gasteiger partial charge in [-0.05, 0) is 47.6 Å². The molecule has 0 bridgehead atoms. The molecular formula is C35H23FIrN2O-2. The second kappa shape index (κ2) is 12.2. The average molecular weight is 704 g/mol. The first-order chi connectivity index (χ1) is 21.3. The summed E-state index contributed by atoms with van der Waals surface area (Å²) in [5, 5.41) is 1.24. The van der Waals surface area contributed by atoms with Crippen LogP contribution in [0.25, 0.3) is 55.6 Å². The van der Waals surface area contributed by atoms with E-state index in [1.807, 2.05) is 49.5 Å². The molecule has 3 aromatic heterocycles. The zero-order valence-corrected chi connectivity index (χ0v) is 23.6. The van der Waals surface area contributed by atoms with Crippen LogP contribution in [0.1, 0.15) is 12.4 Å². The number of halogens is 1. The number of hydrogen-bond donors (Lipinski definition) is 0. The van der Waals surface area contributed by atoms with Gasteiger partial charge in [0.2, 0.25) is 0 Å². The Bertz CT molecular complexity index is 2110. The average Bonchev–Trinajstić information content (AvgIpc) is 3.44. The fourth-order valence-corrected chi connectivity index (χ4v) is 4.27. The van der Waals surface area contributed by atoms with Crippen molar-refractivity contribution in [2.24, 2.45) is 0 Å². The van der Waals surface area contributed by atoms with Gasteiger partial charge in [0.15, 0.2) is 0 Å². The molecule has 0 fully saturated rings. The fourth-order valence-electron chi connectivity index (χ4n) is 4.27. The van der Waals surface area contributed by atoms with E-state index in [1.54, 1.807) is 36.5 Å². The number of benzene rings is 4. The van der Waals surface area contributed by atoms with Crippen LogP contribution in [-0.4, -0.2) is 9.97 Å². The predicted molar refractivity (Wildman–Crippen MR) is 154 cm³/mol. The van der Waals surface area contributed by atoms with Crippen LogP contribution in [0.15, 0.2) is 126 Å². The van der Waals surface area contributed by atoms with Gasteiger partial charge in [-0.2, -0.15) is 0 Å². The van der Waals surface area contributed by atoms with Crippen molar-refractivity contribution in [3.8, 4) is 33.6 Å². The van der Waals surface area contributed by atoms with Crippen molar-refractivity contribution in [2.45, 2.75) is 6.92 Å². The van der Waals surface area contributed by atoms with Crippen LogP contribution < -0.4 is 0 Å². The molecule has 3 heterocycles. The number of aryl methyl sites for hydroxylation is 1. The Labute approximate surface area is 252 Å². The van der Waals surface area contributed by atoms with Gasteiger partial charge >= 0.3 is 0 Å². The third kappa shape index (κ3) is 5.48. The standard InChI is InChI=1S/C23H13FNO.C12H10N.Ir/c24-19-13-12-17-16-9-6-10-18(20-11-4-5-14-25-20)22(16)26-23(17)21(19)15-7-2-1-3-8-15;1-10-7-8-12(13-9-10)11-5-3-2-4-6-11;/h1-9,11-14H;2-5,7-9H,1H3;/q2*-1;/i1D,2D,3D,7D,8D;;. The second-order valence-electron chi connectivity index (χ2n) is 8.71. The molecule has 7 rings (SSSR count). The smallest absolute Gasteiger partial charge is 0.134 e. The summed E-state index contributed by atoms with van der Waals surface area (Å²) in [6.45, 7) is 2.03. The summed E-state index contributed by atoms with van der Waals surface area (Å²) in [4.78, 5) is 8.65. The second-order valence-corrected chi connectivity index (χ2v) is 8.71. The van der Waals surface area contributed by atoms with Crippen molar-refractivity contribution in [1.29, 1.82) is 0 Å². The number of hydrogen-bond acceptors (Lipinski definition) is 3. The summed E-state index contributed by atoms with van der Waals surface area (Å²) in [7, 11) is 0. The van der Waals surface area contributed by atoms with Crippen LogP contribution in [0.4, 0.5) is 4.39 Å². The third-order valence-corrected chi connectivity index (χ3v) is 6.12. The maximum Gasteiger partial charge on any atom is 0.134 e. The number of furan rings is 1. The van der Waals surface area contributed by atoms with Crippen molar-refractivity contribution in [3.05, 3.63) is 145 Å². The van der Waals surface area contributed by atoms with E-state index < -0.39 is 36.0 Å². The van der Waals surface area contributed by atoms with Gasteiger partial charge in [-0.1, -0.05) is 65.4 Å². The fraction of sp³-hybridized carbons (Fsp3) is 0.0286. The van der Waals surface area contributed by atoms with E-state index in [0.29, 0.717) is 27.6 Å². The number of rotatable bonds is 3. The molecule has 0 N–H and O–H groups in total. The Kier molecular flexibility index (Phi) is 6.51. The molecule has 0 saturated heterocycles. The van der Waals surface area contributed by atoms with Gasteiger partial charge in [-0.15, -0.1) is 54.1 Å². The van der Waals surface area contributed by atoms with Crippen LogP contribution in [0, 0.1) is 24.9 Å². The first-order valence-electron chi connectivity index (χ1n) is 14.7. The van der Waals surface area contributed by atoms with E-state index in [9.17, 15) is 0 Å². The summed E-state index contributed by atoms with van der Waals surface area (Å²) in [5.41, 5.74) is 4.53. The largest absolute Gasteiger partial charge is 0.500 e. The minimum Gasteiger partial charge on any atom is -0.500 e. The molecule has 0 atom stereocenters. The molecular weight excluding hydrogens is 676 g/mol. The maximum absolute atomic E-state index is 15.1. The monoisotopic (exact) mass is 704 g/mol. The van der Waals surface area contributed by atoms with E-state index in [1.165, 1.54) is 11.6 Å². The first-order valence-corrected chi connectivity index (χ1v) is 12.2. The number of nitrogens with zero attached hydrogens (tertiary/aromatic N) is 2. The number of pyridine rings is 2. The molecule has 0 amide bonds. The normalized spacial score (nSPS) is 12.3. The third-order valence-electron chi connectivity index (χ3n) is 6.12. The predicted octanol–water partition coefficient (Wildman–Crippen LogP) is 9.11. The van der Waals surface area contributed by atoms with Gasteiger partial charge in [-0.3, -0.25) is 0 Å². The van der Waals surface area contributed by atoms with Crippen molar-refractivity contribution < 1.29 is 35.8 Å². The van der Waals surface area contributed by atoms with Crippen molar-refractivity contribution in [2.75, 3.05) is 0 Å². The summed E-state index contributed by atoms with van der Waals surface area (Å²) >= 11 is 0. The molecule has 40 heavy (non-hydrogen) atoms. The zero-order chi connectivity index (χ0) is 31.0. The molecule has 0 aliphatic carbocycles. The van der Waals surface area contributed by atoms with Gasteiger partial charge in [0.05, 0.1) is 18.0 Å². The van der Waals surface area contributed by atoms with Crippen molar-refractivity contribution >= 4 is 21.9 Å². The molecule has 0 unspecified atom stereocenters. The van der Waals surface area contributed by atoms with E-state index in [2.05, 4.69) is 28.2 Å². The molecule has 5 heteroatoms. The quantitative estimate of drug-likeness (QED) is 0.173. The zero-order valence-electron chi connectivity index (χ0n) is 26.2. The molecule has 0 spiro atoms. The molecule has 4 aromatic carbocycles. The Morgan fingerprint density at radius 1 is 0.775 bits per heavy atom. The Morgan fingerprint density at radius 3 is 2.33 bits per heavy atom. The summed E-state index contributed by atoms with van der Waals surface area (Å²) in [5.74, 6) is -0.742. The Balaban J connectivity index is 0.000000240. The summed E-state index contributed by atoms with van der Waals surface area (Å²) < 4.78 is 61.3. The van der Waals surface area contributed by atoms with Crippen molar-refractivity contribution in [1.82, 2.24) is 9.97 Å². The van der Waals surface area contributed by atoms with Gasteiger partial charge in [0.25, 0.3) is 0 Å². The van der Waals surface area contributed by atoms with E-state index >= 15 is 4.39 Å². The molecule has 197 valence electrons. The van der Waals surface area contributed by atoms with E-state index in [-0.39, 0.29) is 36.8 Å². The van der Waals surface area contributed by atoms with Crippen LogP contribution >= 0.6 is 0 Å². The Morgan fingerprint density at radius 2 is 1.60 bits per heavy atom. The summed E-state index contributed by atoms with van der Waals surface area (Å²) in [6.07, 6.45) is 3.51. The number of fused-ring (bicyclic) bond motifs is 3. The van der Waals surface area contributed by atoms with Crippen LogP contribution in [-0.2, 0) is 20.1 Å². The maximum atomic E-state index is 15.1. The van der Waals surface area contributed by atoms with Gasteiger partial charge < -0.3 is 14.4 Å². The molecule has 0 saturated carbocycles. The van der Waals surface area contributed by atoms with Crippen molar-refractivity contribution in [3.63, 3.8) is 0 Å². The first kappa shape index (κ1) is 21.4. The molecule has 3 nitrogen and oxygen atoms in total. The SMILES string of the molecule is Cc1ccc(-c2[c-]cccc2)nc1.[2H]c1c([2H])c([2H])c(-c2c(F)ccc3c2oc2c(-c4ccccn4)[c-]ccc23)c([2H])c1[2H].[Ir]. The van der Waals surface area contributed by atoms with E-state index in [0.717, 1.165) is 11.3 Å². The number of aromatic nitrogens is 2.